The van der Waals surface area contributed by atoms with Crippen LogP contribution in [0.5, 0.6) is 0 Å². The molecule has 36 heavy (non-hydrogen) atoms. The number of carbonyl (C=O) groups is 2. The van der Waals surface area contributed by atoms with E-state index in [1.54, 1.807) is 0 Å². The number of urea groups is 1. The Hall–Kier alpha value is -2.15. The Bertz CT molecular complexity index is 960. The number of fused-ring (bicyclic) bond motifs is 2. The number of nitrogens with zero attached hydrogens (tertiary/aromatic N) is 4. The summed E-state index contributed by atoms with van der Waals surface area (Å²) in [6.07, 6.45) is 4.08. The van der Waals surface area contributed by atoms with E-state index in [9.17, 15) is 14.9 Å². The summed E-state index contributed by atoms with van der Waals surface area (Å²) < 4.78 is 0. The van der Waals surface area contributed by atoms with E-state index in [0.29, 0.717) is 48.3 Å². The van der Waals surface area contributed by atoms with Crippen LogP contribution in [0.1, 0.15) is 69.9 Å². The van der Waals surface area contributed by atoms with Crippen LogP contribution in [-0.2, 0) is 17.6 Å². The maximum Gasteiger partial charge on any atom is 0.324 e. The molecule has 3 atom stereocenters. The predicted octanol–water partition coefficient (Wildman–Crippen LogP) is 3.69. The molecule has 2 heterocycles. The van der Waals surface area contributed by atoms with Crippen molar-refractivity contribution in [2.45, 2.75) is 84.8 Å². The van der Waals surface area contributed by atoms with Crippen LogP contribution >= 0.6 is 11.3 Å². The van der Waals surface area contributed by atoms with Crippen molar-refractivity contribution in [1.29, 1.82) is 5.26 Å². The van der Waals surface area contributed by atoms with Crippen molar-refractivity contribution in [3.05, 3.63) is 16.0 Å². The quantitative estimate of drug-likeness (QED) is 0.519. The van der Waals surface area contributed by atoms with Gasteiger partial charge >= 0.3 is 6.03 Å². The van der Waals surface area contributed by atoms with Gasteiger partial charge in [-0.05, 0) is 71.9 Å². The molecule has 1 fully saturated rings. The number of anilines is 1. The molecule has 1 saturated heterocycles. The smallest absolute Gasteiger partial charge is 0.324 e. The Morgan fingerprint density at radius 2 is 1.92 bits per heavy atom. The highest BCUT2D eigenvalue weighted by molar-refractivity contribution is 7.16. The fourth-order valence-electron chi connectivity index (χ4n) is 6.00. The summed E-state index contributed by atoms with van der Waals surface area (Å²) in [5.74, 6) is -0.0373. The Kier molecular flexibility index (Phi) is 9.79. The van der Waals surface area contributed by atoms with Crippen molar-refractivity contribution in [3.8, 4) is 6.07 Å². The maximum absolute atomic E-state index is 13.7. The Morgan fingerprint density at radius 1 is 1.22 bits per heavy atom. The molecule has 0 saturated carbocycles. The molecule has 0 radical (unpaired) electrons. The summed E-state index contributed by atoms with van der Waals surface area (Å²) in [4.78, 5) is 34.2. The number of thiophene rings is 1. The number of unbranched alkanes of at least 4 members (excludes halogenated alkanes) is 1. The molecule has 1 aliphatic heterocycles. The second kappa shape index (κ2) is 12.4. The number of likely N-dealkylation sites (N-methyl/N-ethyl adjacent to an activating group) is 1. The minimum absolute atomic E-state index is 0.0769. The number of rotatable bonds is 9. The number of likely N-dealkylation sites (tertiary alicyclic amines) is 1. The lowest BCUT2D eigenvalue weighted by atomic mass is 9.74. The molecule has 9 heteroatoms. The number of hydrogen-bond acceptors (Lipinski definition) is 7. The lowest BCUT2D eigenvalue weighted by Crippen LogP contribution is -2.56. The van der Waals surface area contributed by atoms with Gasteiger partial charge in [0.05, 0.1) is 11.5 Å². The van der Waals surface area contributed by atoms with Crippen LogP contribution in [0.25, 0.3) is 0 Å². The average molecular weight is 517 g/mol. The highest BCUT2D eigenvalue weighted by atomic mass is 32.1. The summed E-state index contributed by atoms with van der Waals surface area (Å²) >= 11 is 1.53. The van der Waals surface area contributed by atoms with Gasteiger partial charge in [-0.1, -0.05) is 13.3 Å². The lowest BCUT2D eigenvalue weighted by molar-refractivity contribution is -0.136. The van der Waals surface area contributed by atoms with E-state index in [4.69, 9.17) is 5.73 Å². The van der Waals surface area contributed by atoms with Crippen molar-refractivity contribution >= 4 is 28.3 Å². The fourth-order valence-corrected chi connectivity index (χ4v) is 7.10. The van der Waals surface area contributed by atoms with E-state index in [1.807, 2.05) is 0 Å². The van der Waals surface area contributed by atoms with Crippen molar-refractivity contribution in [2.75, 3.05) is 39.0 Å². The van der Waals surface area contributed by atoms with Crippen molar-refractivity contribution in [2.24, 2.45) is 11.8 Å². The Labute approximate surface area is 220 Å². The van der Waals surface area contributed by atoms with E-state index in [0.717, 1.165) is 44.2 Å². The molecule has 3 amide bonds. The largest absolute Gasteiger partial charge is 0.389 e. The second-order valence-electron chi connectivity index (χ2n) is 11.0. The molecule has 1 aromatic heterocycles. The molecular weight excluding hydrogens is 472 g/mol. The number of nitrogens with two attached hydrogens (primary N) is 1. The van der Waals surface area contributed by atoms with Crippen LogP contribution in [0.15, 0.2) is 0 Å². The van der Waals surface area contributed by atoms with Gasteiger partial charge in [0.1, 0.15) is 11.1 Å². The molecule has 8 nitrogen and oxygen atoms in total. The molecule has 2 aliphatic rings. The van der Waals surface area contributed by atoms with E-state index in [2.05, 4.69) is 62.9 Å². The van der Waals surface area contributed by atoms with Gasteiger partial charge in [0.15, 0.2) is 0 Å². The van der Waals surface area contributed by atoms with Gasteiger partial charge in [-0.3, -0.25) is 14.6 Å². The van der Waals surface area contributed by atoms with Crippen LogP contribution in [0.3, 0.4) is 0 Å². The van der Waals surface area contributed by atoms with Crippen LogP contribution in [-0.4, -0.2) is 78.0 Å². The first kappa shape index (κ1) is 28.4. The Morgan fingerprint density at radius 3 is 2.53 bits per heavy atom. The third-order valence-corrected chi connectivity index (χ3v) is 8.95. The molecule has 3 N–H and O–H groups in total. The van der Waals surface area contributed by atoms with E-state index < -0.39 is 0 Å². The van der Waals surface area contributed by atoms with E-state index >= 15 is 0 Å². The minimum Gasteiger partial charge on any atom is -0.389 e. The van der Waals surface area contributed by atoms with Crippen LogP contribution in [0, 0.1) is 23.2 Å². The van der Waals surface area contributed by atoms with Gasteiger partial charge in [-0.15, -0.1) is 11.3 Å². The molecule has 0 unspecified atom stereocenters. The first-order valence-electron chi connectivity index (χ1n) is 13.4. The molecule has 0 aromatic carbocycles. The standard InChI is InChI=1S/C27H44N6O2S/c1-7-8-10-33(27(35)30-9-11-32(17(2)3)18(4)5)26(34)20-12-19-13-21-22(15-28)25(29)36-24(21)14-23(19)31(6)16-20/h17-20,23H,7-14,16,29H2,1-6H3,(H,30,35)/t19-,20-,23-/m1/s1. The van der Waals surface area contributed by atoms with Gasteiger partial charge in [0, 0.05) is 49.2 Å². The molecule has 3 rings (SSSR count). The summed E-state index contributed by atoms with van der Waals surface area (Å²) in [5.41, 5.74) is 7.80. The molecule has 0 spiro atoms. The zero-order chi connectivity index (χ0) is 26.6. The summed E-state index contributed by atoms with van der Waals surface area (Å²) in [6, 6.07) is 3.11. The Balaban J connectivity index is 1.69. The van der Waals surface area contributed by atoms with Gasteiger partial charge in [-0.25, -0.2) is 4.79 Å². The van der Waals surface area contributed by atoms with Gasteiger partial charge in [0.2, 0.25) is 5.91 Å². The zero-order valence-corrected chi connectivity index (χ0v) is 23.7. The zero-order valence-electron chi connectivity index (χ0n) is 22.8. The highest BCUT2D eigenvalue weighted by Crippen LogP contribution is 2.43. The summed E-state index contributed by atoms with van der Waals surface area (Å²) in [5, 5.41) is 13.2. The third kappa shape index (κ3) is 6.21. The van der Waals surface area contributed by atoms with Gasteiger partial charge < -0.3 is 16.0 Å². The van der Waals surface area contributed by atoms with Crippen LogP contribution in [0.4, 0.5) is 9.80 Å². The minimum atomic E-state index is -0.283. The topological polar surface area (TPSA) is 106 Å². The molecule has 1 aliphatic carbocycles. The number of amides is 3. The predicted molar refractivity (Wildman–Crippen MR) is 146 cm³/mol. The number of nitrogens with one attached hydrogen (secondary N) is 1. The SMILES string of the molecule is CCCCN(C(=O)NCCN(C(C)C)C(C)C)C(=O)[C@@H]1C[C@@H]2Cc3c(sc(N)c3C#N)C[C@H]2N(C)C1. The van der Waals surface area contributed by atoms with Crippen LogP contribution in [0.2, 0.25) is 0 Å². The molecule has 0 bridgehead atoms. The number of hydrogen-bond donors (Lipinski definition) is 2. The number of carbonyl (C=O) groups excluding carboxylic acids is 2. The lowest BCUT2D eigenvalue weighted by Gasteiger charge is -2.45. The second-order valence-corrected chi connectivity index (χ2v) is 12.1. The number of imide groups is 1. The fraction of sp³-hybridized carbons (Fsp3) is 0.741. The van der Waals surface area contributed by atoms with Crippen LogP contribution < -0.4 is 11.1 Å². The third-order valence-electron chi connectivity index (χ3n) is 7.87. The first-order chi connectivity index (χ1) is 17.1. The normalized spacial score (nSPS) is 21.8. The van der Waals surface area contributed by atoms with Crippen molar-refractivity contribution in [1.82, 2.24) is 20.0 Å². The number of nitrogen functional groups attached to an aromatic ring is 1. The summed E-state index contributed by atoms with van der Waals surface area (Å²) in [6.45, 7) is 13.0. The monoisotopic (exact) mass is 516 g/mol. The highest BCUT2D eigenvalue weighted by Gasteiger charge is 2.43. The molecule has 200 valence electrons. The number of nitriles is 1. The van der Waals surface area contributed by atoms with Gasteiger partial charge in [0.25, 0.3) is 0 Å². The summed E-state index contributed by atoms with van der Waals surface area (Å²) in [7, 11) is 2.08. The average Bonchev–Trinajstić information content (AvgIpc) is 3.13. The molecule has 1 aromatic rings. The number of piperidine rings is 1. The van der Waals surface area contributed by atoms with E-state index in [-0.39, 0.29) is 23.8 Å². The van der Waals surface area contributed by atoms with Crippen molar-refractivity contribution < 1.29 is 9.59 Å². The maximum atomic E-state index is 13.7. The molecular formula is C27H44N6O2S. The van der Waals surface area contributed by atoms with E-state index in [1.165, 1.54) is 21.1 Å². The first-order valence-corrected chi connectivity index (χ1v) is 14.3. The van der Waals surface area contributed by atoms with Crippen molar-refractivity contribution in [3.63, 3.8) is 0 Å². The van der Waals surface area contributed by atoms with Gasteiger partial charge in [-0.2, -0.15) is 5.26 Å².